The molecule has 266 valence electrons. The van der Waals surface area contributed by atoms with E-state index in [2.05, 4.69) is 16.0 Å². The fourth-order valence-corrected chi connectivity index (χ4v) is 6.40. The highest BCUT2D eigenvalue weighted by Gasteiger charge is 2.45. The van der Waals surface area contributed by atoms with Crippen LogP contribution in [0.5, 0.6) is 0 Å². The Kier molecular flexibility index (Phi) is 9.58. The molecule has 0 bridgehead atoms. The van der Waals surface area contributed by atoms with E-state index in [4.69, 9.17) is 9.40 Å². The number of amides is 5. The molecule has 0 radical (unpaired) electrons. The fraction of sp³-hybridized carbons (Fsp3) is 0.179. The maximum atomic E-state index is 13.3. The second-order valence-corrected chi connectivity index (χ2v) is 12.6. The lowest BCUT2D eigenvalue weighted by Crippen LogP contribution is -2.54. The minimum atomic E-state index is -1.04. The number of rotatable bonds is 12. The molecule has 1 saturated heterocycles. The van der Waals surface area contributed by atoms with E-state index in [0.29, 0.717) is 59.9 Å². The van der Waals surface area contributed by atoms with Crippen molar-refractivity contribution in [3.05, 3.63) is 124 Å². The van der Waals surface area contributed by atoms with Gasteiger partial charge in [0.25, 0.3) is 23.4 Å². The Bertz CT molecular complexity index is 2250. The molecule has 0 spiro atoms. The Morgan fingerprint density at radius 2 is 1.60 bits per heavy atom. The first kappa shape index (κ1) is 34.5. The first-order valence-electron chi connectivity index (χ1n) is 17.0. The summed E-state index contributed by atoms with van der Waals surface area (Å²) in [6.07, 6.45) is 2.97. The summed E-state index contributed by atoms with van der Waals surface area (Å²) < 4.78 is 5.59. The molecule has 2 aliphatic heterocycles. The number of aromatic nitrogens is 1. The zero-order chi connectivity index (χ0) is 37.1. The predicted octanol–water partition coefficient (Wildman–Crippen LogP) is 5.61. The van der Waals surface area contributed by atoms with Crippen molar-refractivity contribution in [3.8, 4) is 33.8 Å². The second kappa shape index (κ2) is 14.7. The van der Waals surface area contributed by atoms with Crippen LogP contribution in [0, 0.1) is 10.1 Å². The van der Waals surface area contributed by atoms with Crippen molar-refractivity contribution in [1.82, 2.24) is 20.5 Å². The number of nitro benzene ring substituents is 1. The van der Waals surface area contributed by atoms with E-state index in [1.807, 2.05) is 24.3 Å². The Labute approximate surface area is 302 Å². The van der Waals surface area contributed by atoms with Gasteiger partial charge in [-0.1, -0.05) is 18.2 Å². The Hall–Kier alpha value is -6.96. The van der Waals surface area contributed by atoms with Gasteiger partial charge in [0.05, 0.1) is 28.0 Å². The molecular formula is C39H32N6O8. The molecule has 2 aromatic heterocycles. The molecule has 1 unspecified atom stereocenters. The summed E-state index contributed by atoms with van der Waals surface area (Å²) in [5, 5.41) is 19.5. The van der Waals surface area contributed by atoms with Gasteiger partial charge < -0.3 is 15.1 Å². The van der Waals surface area contributed by atoms with Crippen LogP contribution in [0.3, 0.4) is 0 Å². The van der Waals surface area contributed by atoms with Gasteiger partial charge in [-0.25, -0.2) is 4.98 Å². The molecule has 53 heavy (non-hydrogen) atoms. The smallest absolute Gasteiger partial charge is 0.269 e. The zero-order valence-electron chi connectivity index (χ0n) is 28.2. The Balaban J connectivity index is 0.942. The average Bonchev–Trinajstić information content (AvgIpc) is 3.80. The summed E-state index contributed by atoms with van der Waals surface area (Å²) in [5.74, 6) is -1.90. The summed E-state index contributed by atoms with van der Waals surface area (Å²) in [6, 6.07) is 24.5. The van der Waals surface area contributed by atoms with Gasteiger partial charge in [-0.2, -0.15) is 0 Å². The van der Waals surface area contributed by atoms with Crippen molar-refractivity contribution < 1.29 is 33.3 Å². The number of pyridine rings is 1. The van der Waals surface area contributed by atoms with Crippen LogP contribution in [0.4, 0.5) is 11.4 Å². The summed E-state index contributed by atoms with van der Waals surface area (Å²) >= 11 is 0. The van der Waals surface area contributed by atoms with E-state index in [1.54, 1.807) is 60.9 Å². The molecule has 2 aliphatic rings. The Morgan fingerprint density at radius 3 is 2.32 bits per heavy atom. The number of unbranched alkanes of at least 4 members (excludes halogenated alkanes) is 1. The first-order valence-corrected chi connectivity index (χ1v) is 17.0. The SMILES string of the molecule is O=C1CCC(N2C(=O)c3cccc(NCCCCNC(=O)c4ccc(-c5cc(-c6ccc([N+](=O)[O-])cc6)nc(-c6ccco6)c5)cc4)c3C2=O)C(=O)N1. The summed E-state index contributed by atoms with van der Waals surface area (Å²) in [7, 11) is 0. The lowest BCUT2D eigenvalue weighted by molar-refractivity contribution is -0.384. The van der Waals surface area contributed by atoms with Crippen LogP contribution in [0.2, 0.25) is 0 Å². The van der Waals surface area contributed by atoms with Crippen LogP contribution in [0.1, 0.15) is 56.8 Å². The number of benzene rings is 3. The van der Waals surface area contributed by atoms with Crippen LogP contribution in [-0.4, -0.2) is 63.5 Å². The van der Waals surface area contributed by atoms with Gasteiger partial charge in [0.2, 0.25) is 11.8 Å². The molecular weight excluding hydrogens is 680 g/mol. The molecule has 3 aromatic carbocycles. The first-order chi connectivity index (χ1) is 25.7. The summed E-state index contributed by atoms with van der Waals surface area (Å²) in [6.45, 7) is 0.875. The number of non-ortho nitro benzene ring substituents is 1. The number of hydrogen-bond acceptors (Lipinski definition) is 10. The monoisotopic (exact) mass is 712 g/mol. The fourth-order valence-electron chi connectivity index (χ4n) is 6.40. The molecule has 14 nitrogen and oxygen atoms in total. The molecule has 1 fully saturated rings. The lowest BCUT2D eigenvalue weighted by atomic mass is 10.00. The third-order valence-corrected chi connectivity index (χ3v) is 9.13. The van der Waals surface area contributed by atoms with Crippen molar-refractivity contribution in [3.63, 3.8) is 0 Å². The molecule has 5 aromatic rings. The van der Waals surface area contributed by atoms with E-state index in [-0.39, 0.29) is 35.6 Å². The maximum absolute atomic E-state index is 13.3. The highest BCUT2D eigenvalue weighted by Crippen LogP contribution is 2.33. The number of carbonyl (C=O) groups excluding carboxylic acids is 5. The topological polar surface area (TPSA) is 194 Å². The van der Waals surface area contributed by atoms with E-state index in [0.717, 1.165) is 16.0 Å². The zero-order valence-corrected chi connectivity index (χ0v) is 28.2. The van der Waals surface area contributed by atoms with Crippen LogP contribution in [0.15, 0.2) is 102 Å². The van der Waals surface area contributed by atoms with Crippen LogP contribution in [-0.2, 0) is 9.59 Å². The van der Waals surface area contributed by atoms with Gasteiger partial charge in [-0.05, 0) is 91.1 Å². The Morgan fingerprint density at radius 1 is 0.868 bits per heavy atom. The van der Waals surface area contributed by atoms with E-state index < -0.39 is 34.6 Å². The minimum absolute atomic E-state index is 0.0187. The van der Waals surface area contributed by atoms with Gasteiger partial charge in [0.15, 0.2) is 5.76 Å². The van der Waals surface area contributed by atoms with Gasteiger partial charge in [0.1, 0.15) is 11.7 Å². The predicted molar refractivity (Wildman–Crippen MR) is 193 cm³/mol. The van der Waals surface area contributed by atoms with Crippen molar-refractivity contribution in [2.24, 2.45) is 0 Å². The maximum Gasteiger partial charge on any atom is 0.269 e. The number of hydrogen-bond donors (Lipinski definition) is 3. The number of anilines is 1. The average molecular weight is 713 g/mol. The normalized spacial score (nSPS) is 15.2. The molecule has 7 rings (SSSR count). The number of nitro groups is 1. The molecule has 3 N–H and O–H groups in total. The van der Waals surface area contributed by atoms with Gasteiger partial charge in [-0.3, -0.25) is 44.3 Å². The van der Waals surface area contributed by atoms with Crippen LogP contribution in [0.25, 0.3) is 33.8 Å². The number of piperidine rings is 1. The molecule has 0 saturated carbocycles. The lowest BCUT2D eigenvalue weighted by Gasteiger charge is -2.27. The summed E-state index contributed by atoms with van der Waals surface area (Å²) in [4.78, 5) is 79.6. The number of carbonyl (C=O) groups is 5. The number of imide groups is 2. The molecule has 4 heterocycles. The van der Waals surface area contributed by atoms with Gasteiger partial charge in [-0.15, -0.1) is 0 Å². The highest BCUT2D eigenvalue weighted by atomic mass is 16.6. The van der Waals surface area contributed by atoms with Crippen molar-refractivity contribution in [2.45, 2.75) is 31.7 Å². The van der Waals surface area contributed by atoms with Crippen LogP contribution < -0.4 is 16.0 Å². The van der Waals surface area contributed by atoms with Crippen molar-refractivity contribution in [2.75, 3.05) is 18.4 Å². The third kappa shape index (κ3) is 7.15. The van der Waals surface area contributed by atoms with E-state index in [9.17, 15) is 34.1 Å². The number of furan rings is 1. The molecule has 0 aliphatic carbocycles. The highest BCUT2D eigenvalue weighted by molar-refractivity contribution is 6.25. The molecule has 14 heteroatoms. The molecule has 1 atom stereocenters. The summed E-state index contributed by atoms with van der Waals surface area (Å²) in [5.41, 5.74) is 4.88. The largest absolute Gasteiger partial charge is 0.463 e. The number of fused-ring (bicyclic) bond motifs is 1. The minimum Gasteiger partial charge on any atom is -0.463 e. The van der Waals surface area contributed by atoms with E-state index >= 15 is 0 Å². The quantitative estimate of drug-likeness (QED) is 0.0634. The molecule has 5 amide bonds. The second-order valence-electron chi connectivity index (χ2n) is 12.6. The van der Waals surface area contributed by atoms with Gasteiger partial charge in [0, 0.05) is 48.5 Å². The van der Waals surface area contributed by atoms with Crippen molar-refractivity contribution >= 4 is 40.9 Å². The third-order valence-electron chi connectivity index (χ3n) is 9.13. The van der Waals surface area contributed by atoms with E-state index in [1.165, 1.54) is 12.1 Å². The number of nitrogens with zero attached hydrogens (tertiary/aromatic N) is 3. The van der Waals surface area contributed by atoms with Crippen molar-refractivity contribution in [1.29, 1.82) is 0 Å². The van der Waals surface area contributed by atoms with Gasteiger partial charge >= 0.3 is 0 Å². The van der Waals surface area contributed by atoms with Crippen LogP contribution >= 0.6 is 0 Å². The standard InChI is InChI=1S/C39H32N6O8/c46-34-17-16-32(37(48)43-34)44-38(49)28-5-3-6-29(35(28)39(44)50)40-18-1-2-19-41-36(47)25-10-8-23(9-11-25)26-21-30(24-12-14-27(15-13-24)45(51)52)42-31(22-26)33-7-4-20-53-33/h3-15,20-22,32,40H,1-2,16-19H2,(H,41,47)(H,43,46,48). The number of nitrogens with one attached hydrogen (secondary N) is 3.